The number of thiazole rings is 1. The molecule has 2 aromatic carbocycles. The number of rotatable bonds is 2. The Kier molecular flexibility index (Phi) is 2.86. The first kappa shape index (κ1) is 11.6. The molecule has 0 aliphatic rings. The maximum Gasteiger partial charge on any atom is 0.188 e. The molecule has 0 saturated carbocycles. The second-order valence-electron chi connectivity index (χ2n) is 3.95. The number of nitrogens with zero attached hydrogens (tertiary/aromatic N) is 2. The molecule has 19 heavy (non-hydrogen) atoms. The summed E-state index contributed by atoms with van der Waals surface area (Å²) in [5, 5.41) is 12.6. The van der Waals surface area contributed by atoms with Gasteiger partial charge in [0.05, 0.1) is 21.8 Å². The molecule has 1 aromatic heterocycles. The highest BCUT2D eigenvalue weighted by atomic mass is 32.1. The van der Waals surface area contributed by atoms with Gasteiger partial charge in [0, 0.05) is 11.8 Å². The van der Waals surface area contributed by atoms with Crippen molar-refractivity contribution in [1.29, 1.82) is 5.26 Å². The number of benzene rings is 2. The third-order valence-electron chi connectivity index (χ3n) is 2.61. The first-order valence-electron chi connectivity index (χ1n) is 5.58. The van der Waals surface area contributed by atoms with Gasteiger partial charge in [-0.15, -0.1) is 0 Å². The van der Waals surface area contributed by atoms with Crippen molar-refractivity contribution in [3.05, 3.63) is 53.8 Å². The number of anilines is 2. The van der Waals surface area contributed by atoms with Gasteiger partial charge in [-0.3, -0.25) is 0 Å². The van der Waals surface area contributed by atoms with Gasteiger partial charge in [0.25, 0.3) is 0 Å². The zero-order valence-corrected chi connectivity index (χ0v) is 10.5. The fraction of sp³-hybridized carbons (Fsp3) is 0. The van der Waals surface area contributed by atoms with Gasteiger partial charge < -0.3 is 5.32 Å². The van der Waals surface area contributed by atoms with Crippen LogP contribution in [0, 0.1) is 17.1 Å². The van der Waals surface area contributed by atoms with Crippen molar-refractivity contribution in [1.82, 2.24) is 4.98 Å². The third kappa shape index (κ3) is 2.39. The Bertz CT molecular complexity index is 771. The van der Waals surface area contributed by atoms with E-state index in [9.17, 15) is 4.39 Å². The molecule has 3 nitrogen and oxygen atoms in total. The van der Waals surface area contributed by atoms with E-state index in [2.05, 4.69) is 16.4 Å². The maximum absolute atomic E-state index is 13.1. The average Bonchev–Trinajstić information content (AvgIpc) is 2.81. The van der Waals surface area contributed by atoms with E-state index in [1.165, 1.54) is 23.5 Å². The van der Waals surface area contributed by atoms with E-state index in [-0.39, 0.29) is 5.82 Å². The van der Waals surface area contributed by atoms with Crippen molar-refractivity contribution in [3.63, 3.8) is 0 Å². The molecule has 1 heterocycles. The molecule has 0 saturated heterocycles. The SMILES string of the molecule is N#Cc1ccc(Nc2nc3cc(F)ccc3s2)cc1. The first-order chi connectivity index (χ1) is 9.24. The summed E-state index contributed by atoms with van der Waals surface area (Å²) in [6, 6.07) is 13.7. The highest BCUT2D eigenvalue weighted by Crippen LogP contribution is 2.28. The lowest BCUT2D eigenvalue weighted by atomic mass is 10.2. The van der Waals surface area contributed by atoms with Crippen molar-refractivity contribution in [3.8, 4) is 6.07 Å². The van der Waals surface area contributed by atoms with Crippen molar-refractivity contribution < 1.29 is 4.39 Å². The zero-order chi connectivity index (χ0) is 13.2. The number of hydrogen-bond donors (Lipinski definition) is 1. The average molecular weight is 269 g/mol. The summed E-state index contributed by atoms with van der Waals surface area (Å²) in [4.78, 5) is 4.31. The van der Waals surface area contributed by atoms with Crippen molar-refractivity contribution in [2.75, 3.05) is 5.32 Å². The van der Waals surface area contributed by atoms with Crippen LogP contribution in [0.3, 0.4) is 0 Å². The number of nitriles is 1. The smallest absolute Gasteiger partial charge is 0.188 e. The summed E-state index contributed by atoms with van der Waals surface area (Å²) in [6.45, 7) is 0. The fourth-order valence-electron chi connectivity index (χ4n) is 1.71. The molecule has 0 spiro atoms. The predicted molar refractivity (Wildman–Crippen MR) is 74.0 cm³/mol. The summed E-state index contributed by atoms with van der Waals surface area (Å²) < 4.78 is 14.0. The summed E-state index contributed by atoms with van der Waals surface area (Å²) in [5.41, 5.74) is 2.09. The molecular formula is C14H8FN3S. The summed E-state index contributed by atoms with van der Waals surface area (Å²) in [5.74, 6) is -0.289. The van der Waals surface area contributed by atoms with E-state index in [0.29, 0.717) is 16.2 Å². The first-order valence-corrected chi connectivity index (χ1v) is 6.39. The molecule has 0 fully saturated rings. The largest absolute Gasteiger partial charge is 0.332 e. The summed E-state index contributed by atoms with van der Waals surface area (Å²) >= 11 is 1.46. The minimum atomic E-state index is -0.289. The summed E-state index contributed by atoms with van der Waals surface area (Å²) in [6.07, 6.45) is 0. The van der Waals surface area contributed by atoms with Crippen LogP contribution < -0.4 is 5.32 Å². The van der Waals surface area contributed by atoms with E-state index in [0.717, 1.165) is 10.4 Å². The summed E-state index contributed by atoms with van der Waals surface area (Å²) in [7, 11) is 0. The molecule has 0 radical (unpaired) electrons. The van der Waals surface area contributed by atoms with Crippen LogP contribution in [-0.4, -0.2) is 4.98 Å². The minimum Gasteiger partial charge on any atom is -0.332 e. The van der Waals surface area contributed by atoms with Crippen molar-refractivity contribution in [2.45, 2.75) is 0 Å². The lowest BCUT2D eigenvalue weighted by Crippen LogP contribution is -1.88. The van der Waals surface area contributed by atoms with Crippen LogP contribution in [0.1, 0.15) is 5.56 Å². The number of fused-ring (bicyclic) bond motifs is 1. The Morgan fingerprint density at radius 3 is 2.68 bits per heavy atom. The monoisotopic (exact) mass is 269 g/mol. The number of nitrogens with one attached hydrogen (secondary N) is 1. The van der Waals surface area contributed by atoms with Gasteiger partial charge in [-0.1, -0.05) is 11.3 Å². The van der Waals surface area contributed by atoms with E-state index in [1.807, 2.05) is 12.1 Å². The topological polar surface area (TPSA) is 48.7 Å². The molecule has 92 valence electrons. The number of halogens is 1. The van der Waals surface area contributed by atoms with Crippen LogP contribution in [-0.2, 0) is 0 Å². The van der Waals surface area contributed by atoms with Gasteiger partial charge in [-0.25, -0.2) is 9.37 Å². The van der Waals surface area contributed by atoms with Crippen LogP contribution in [0.25, 0.3) is 10.2 Å². The van der Waals surface area contributed by atoms with E-state index in [1.54, 1.807) is 18.2 Å². The highest BCUT2D eigenvalue weighted by molar-refractivity contribution is 7.22. The van der Waals surface area contributed by atoms with Crippen molar-refractivity contribution >= 4 is 32.4 Å². The molecule has 0 amide bonds. The van der Waals surface area contributed by atoms with Gasteiger partial charge in [-0.2, -0.15) is 5.26 Å². The molecule has 3 aromatic rings. The second-order valence-corrected chi connectivity index (χ2v) is 4.98. The predicted octanol–water partition coefficient (Wildman–Crippen LogP) is 4.05. The minimum absolute atomic E-state index is 0.289. The van der Waals surface area contributed by atoms with Gasteiger partial charge in [0.15, 0.2) is 5.13 Å². The Morgan fingerprint density at radius 2 is 1.95 bits per heavy atom. The maximum atomic E-state index is 13.1. The molecule has 0 atom stereocenters. The molecule has 0 aliphatic heterocycles. The quantitative estimate of drug-likeness (QED) is 0.763. The molecule has 0 aliphatic carbocycles. The van der Waals surface area contributed by atoms with E-state index >= 15 is 0 Å². The Labute approximate surface area is 113 Å². The van der Waals surface area contributed by atoms with Crippen LogP contribution in [0.15, 0.2) is 42.5 Å². The lowest BCUT2D eigenvalue weighted by Gasteiger charge is -2.01. The van der Waals surface area contributed by atoms with Gasteiger partial charge in [0.1, 0.15) is 5.82 Å². The van der Waals surface area contributed by atoms with Crippen molar-refractivity contribution in [2.24, 2.45) is 0 Å². The normalized spacial score (nSPS) is 10.3. The van der Waals surface area contributed by atoms with E-state index < -0.39 is 0 Å². The van der Waals surface area contributed by atoms with Crippen LogP contribution in [0.2, 0.25) is 0 Å². The van der Waals surface area contributed by atoms with Gasteiger partial charge in [0.2, 0.25) is 0 Å². The molecular weight excluding hydrogens is 261 g/mol. The molecule has 3 rings (SSSR count). The standard InChI is InChI=1S/C14H8FN3S/c15-10-3-6-13-12(7-10)18-14(19-13)17-11-4-1-9(8-16)2-5-11/h1-7H,(H,17,18). The lowest BCUT2D eigenvalue weighted by molar-refractivity contribution is 0.629. The van der Waals surface area contributed by atoms with Gasteiger partial charge in [-0.05, 0) is 36.4 Å². The number of hydrogen-bond acceptors (Lipinski definition) is 4. The molecule has 0 unspecified atom stereocenters. The van der Waals surface area contributed by atoms with Gasteiger partial charge >= 0.3 is 0 Å². The zero-order valence-electron chi connectivity index (χ0n) is 9.72. The van der Waals surface area contributed by atoms with E-state index in [4.69, 9.17) is 5.26 Å². The Hall–Kier alpha value is -2.45. The Morgan fingerprint density at radius 1 is 1.16 bits per heavy atom. The second kappa shape index (κ2) is 4.67. The van der Waals surface area contributed by atoms with Crippen LogP contribution in [0.4, 0.5) is 15.2 Å². The number of aromatic nitrogens is 1. The highest BCUT2D eigenvalue weighted by Gasteiger charge is 2.05. The molecule has 0 bridgehead atoms. The molecule has 1 N–H and O–H groups in total. The Balaban J connectivity index is 1.90. The fourth-order valence-corrected chi connectivity index (χ4v) is 2.57. The third-order valence-corrected chi connectivity index (χ3v) is 3.57. The van der Waals surface area contributed by atoms with Crippen LogP contribution in [0.5, 0.6) is 0 Å². The molecule has 5 heteroatoms. The van der Waals surface area contributed by atoms with Crippen LogP contribution >= 0.6 is 11.3 Å².